The molecule has 1 N–H and O–H groups in total. The lowest BCUT2D eigenvalue weighted by atomic mass is 10.3. The maximum absolute atomic E-state index is 12.5. The van der Waals surface area contributed by atoms with Crippen LogP contribution in [0.2, 0.25) is 0 Å². The average molecular weight is 333 g/mol. The van der Waals surface area contributed by atoms with Crippen LogP contribution in [0.1, 0.15) is 21.7 Å². The van der Waals surface area contributed by atoms with Crippen molar-refractivity contribution in [3.8, 4) is 5.00 Å². The number of hydrogen-bond donors (Lipinski definition) is 1. The van der Waals surface area contributed by atoms with Crippen LogP contribution in [-0.4, -0.2) is 54.8 Å². The van der Waals surface area contributed by atoms with Gasteiger partial charge in [0.2, 0.25) is 0 Å². The second-order valence-electron chi connectivity index (χ2n) is 5.80. The predicted molar refractivity (Wildman–Crippen MR) is 92.7 cm³/mol. The maximum atomic E-state index is 12.5. The molecule has 0 aliphatic carbocycles. The summed E-state index contributed by atoms with van der Waals surface area (Å²) in [5, 5.41) is 6.02. The largest absolute Gasteiger partial charge is 0.379 e. The number of aryl methyl sites for hydroxylation is 2. The van der Waals surface area contributed by atoms with Gasteiger partial charge in [0, 0.05) is 37.6 Å². The normalized spacial score (nSPS) is 15.7. The predicted octanol–water partition coefficient (Wildman–Crippen LogP) is 2.22. The Morgan fingerprint density at radius 1 is 1.22 bits per heavy atom. The summed E-state index contributed by atoms with van der Waals surface area (Å²) in [7, 11) is 0. The third kappa shape index (κ3) is 3.65. The molecule has 1 fully saturated rings. The number of thiophene rings is 1. The number of ether oxygens (including phenoxy) is 1. The van der Waals surface area contributed by atoms with Crippen molar-refractivity contribution in [1.29, 1.82) is 0 Å². The highest BCUT2D eigenvalue weighted by Crippen LogP contribution is 2.25. The van der Waals surface area contributed by atoms with Gasteiger partial charge in [-0.25, -0.2) is 0 Å². The van der Waals surface area contributed by atoms with Gasteiger partial charge in [-0.15, -0.1) is 11.3 Å². The Morgan fingerprint density at radius 2 is 1.91 bits per heavy atom. The number of nitrogens with zero attached hydrogens (tertiary/aromatic N) is 2. The molecule has 2 aromatic heterocycles. The molecule has 0 saturated carbocycles. The zero-order valence-electron chi connectivity index (χ0n) is 13.7. The highest BCUT2D eigenvalue weighted by molar-refractivity contribution is 7.13. The van der Waals surface area contributed by atoms with E-state index in [4.69, 9.17) is 4.74 Å². The van der Waals surface area contributed by atoms with Crippen molar-refractivity contribution in [2.75, 3.05) is 39.4 Å². The molecule has 0 radical (unpaired) electrons. The fraction of sp³-hybridized carbons (Fsp3) is 0.471. The monoisotopic (exact) mass is 333 g/mol. The number of carbonyl (C=O) groups is 1. The molecule has 23 heavy (non-hydrogen) atoms. The van der Waals surface area contributed by atoms with E-state index in [2.05, 4.69) is 40.8 Å². The molecule has 0 unspecified atom stereocenters. The van der Waals surface area contributed by atoms with Gasteiger partial charge in [-0.05, 0) is 37.4 Å². The molecular formula is C17H23N3O2S. The molecule has 0 spiro atoms. The van der Waals surface area contributed by atoms with E-state index in [0.717, 1.165) is 54.8 Å². The molecule has 1 aliphatic heterocycles. The quantitative estimate of drug-likeness (QED) is 0.913. The standard InChI is InChI=1S/C17H23N3O2S/c1-13-3-4-14(2)20(13)17-15(5-12-23-17)16(21)18-6-7-19-8-10-22-11-9-19/h3-5,12H,6-11H2,1-2H3,(H,18,21). The zero-order chi connectivity index (χ0) is 16.2. The van der Waals surface area contributed by atoms with Crippen molar-refractivity contribution in [3.05, 3.63) is 40.5 Å². The van der Waals surface area contributed by atoms with Crippen LogP contribution in [0.5, 0.6) is 0 Å². The highest BCUT2D eigenvalue weighted by Gasteiger charge is 2.17. The van der Waals surface area contributed by atoms with Crippen LogP contribution in [-0.2, 0) is 4.74 Å². The van der Waals surface area contributed by atoms with E-state index in [9.17, 15) is 4.79 Å². The van der Waals surface area contributed by atoms with E-state index in [1.54, 1.807) is 11.3 Å². The summed E-state index contributed by atoms with van der Waals surface area (Å²) in [6, 6.07) is 6.06. The van der Waals surface area contributed by atoms with Gasteiger partial charge < -0.3 is 14.6 Å². The van der Waals surface area contributed by atoms with E-state index in [-0.39, 0.29) is 5.91 Å². The number of nitrogens with one attached hydrogen (secondary N) is 1. The van der Waals surface area contributed by atoms with Crippen LogP contribution in [0.3, 0.4) is 0 Å². The van der Waals surface area contributed by atoms with Crippen LogP contribution in [0.15, 0.2) is 23.6 Å². The minimum absolute atomic E-state index is 0.00186. The Kier molecular flexibility index (Phi) is 5.15. The molecule has 0 bridgehead atoms. The van der Waals surface area contributed by atoms with Gasteiger partial charge in [0.25, 0.3) is 5.91 Å². The zero-order valence-corrected chi connectivity index (χ0v) is 14.5. The van der Waals surface area contributed by atoms with Gasteiger partial charge in [0.1, 0.15) is 5.00 Å². The maximum Gasteiger partial charge on any atom is 0.254 e. The molecular weight excluding hydrogens is 310 g/mol. The summed E-state index contributed by atoms with van der Waals surface area (Å²) < 4.78 is 7.48. The third-order valence-electron chi connectivity index (χ3n) is 4.18. The summed E-state index contributed by atoms with van der Waals surface area (Å²) >= 11 is 1.60. The van der Waals surface area contributed by atoms with Crippen LogP contribution in [0.25, 0.3) is 5.00 Å². The van der Waals surface area contributed by atoms with E-state index >= 15 is 0 Å². The Balaban J connectivity index is 1.63. The van der Waals surface area contributed by atoms with Gasteiger partial charge in [-0.2, -0.15) is 0 Å². The third-order valence-corrected chi connectivity index (χ3v) is 5.08. The summed E-state index contributed by atoms with van der Waals surface area (Å²) in [6.07, 6.45) is 0. The molecule has 3 rings (SSSR count). The first-order valence-electron chi connectivity index (χ1n) is 7.98. The lowest BCUT2D eigenvalue weighted by Crippen LogP contribution is -2.41. The lowest BCUT2D eigenvalue weighted by molar-refractivity contribution is 0.0383. The molecule has 5 nitrogen and oxygen atoms in total. The van der Waals surface area contributed by atoms with Crippen molar-refractivity contribution in [2.45, 2.75) is 13.8 Å². The summed E-state index contributed by atoms with van der Waals surface area (Å²) in [4.78, 5) is 14.8. The number of hydrogen-bond acceptors (Lipinski definition) is 4. The van der Waals surface area contributed by atoms with Gasteiger partial charge in [0.05, 0.1) is 18.8 Å². The first kappa shape index (κ1) is 16.2. The van der Waals surface area contributed by atoms with E-state index < -0.39 is 0 Å². The molecule has 2 aromatic rings. The van der Waals surface area contributed by atoms with Crippen LogP contribution < -0.4 is 5.32 Å². The topological polar surface area (TPSA) is 46.5 Å². The number of amides is 1. The molecule has 1 saturated heterocycles. The first-order valence-corrected chi connectivity index (χ1v) is 8.86. The van der Waals surface area contributed by atoms with Crippen molar-refractivity contribution in [3.63, 3.8) is 0 Å². The second-order valence-corrected chi connectivity index (χ2v) is 6.70. The van der Waals surface area contributed by atoms with E-state index in [1.165, 1.54) is 0 Å². The summed E-state index contributed by atoms with van der Waals surface area (Å²) in [5.41, 5.74) is 3.04. The number of aromatic nitrogens is 1. The fourth-order valence-corrected chi connectivity index (χ4v) is 3.90. The number of carbonyl (C=O) groups excluding carboxylic acids is 1. The van der Waals surface area contributed by atoms with Gasteiger partial charge in [0.15, 0.2) is 0 Å². The Morgan fingerprint density at radius 3 is 2.61 bits per heavy atom. The van der Waals surface area contributed by atoms with Crippen molar-refractivity contribution < 1.29 is 9.53 Å². The first-order chi connectivity index (χ1) is 11.2. The summed E-state index contributed by atoms with van der Waals surface area (Å²) in [6.45, 7) is 9.12. The Labute approximate surface area is 140 Å². The minimum atomic E-state index is 0.00186. The van der Waals surface area contributed by atoms with Crippen molar-refractivity contribution >= 4 is 17.2 Å². The SMILES string of the molecule is Cc1ccc(C)n1-c1sccc1C(=O)NCCN1CCOCC1. The minimum Gasteiger partial charge on any atom is -0.379 e. The van der Waals surface area contributed by atoms with Crippen LogP contribution >= 0.6 is 11.3 Å². The van der Waals surface area contributed by atoms with Gasteiger partial charge in [-0.3, -0.25) is 9.69 Å². The lowest BCUT2D eigenvalue weighted by Gasteiger charge is -2.26. The molecule has 3 heterocycles. The van der Waals surface area contributed by atoms with Gasteiger partial charge in [-0.1, -0.05) is 0 Å². The number of rotatable bonds is 5. The van der Waals surface area contributed by atoms with Crippen LogP contribution in [0.4, 0.5) is 0 Å². The van der Waals surface area contributed by atoms with Gasteiger partial charge >= 0.3 is 0 Å². The molecule has 1 aliphatic rings. The number of morpholine rings is 1. The molecule has 124 valence electrons. The Bertz CT molecular complexity index is 652. The fourth-order valence-electron chi connectivity index (χ4n) is 2.88. The smallest absolute Gasteiger partial charge is 0.254 e. The molecule has 6 heteroatoms. The molecule has 0 aromatic carbocycles. The van der Waals surface area contributed by atoms with Crippen molar-refractivity contribution in [2.24, 2.45) is 0 Å². The Hall–Kier alpha value is -1.63. The summed E-state index contributed by atoms with van der Waals surface area (Å²) in [5.74, 6) is 0.00186. The molecule has 0 atom stereocenters. The average Bonchev–Trinajstić information content (AvgIpc) is 3.15. The second kappa shape index (κ2) is 7.29. The van der Waals surface area contributed by atoms with Crippen molar-refractivity contribution in [1.82, 2.24) is 14.8 Å². The highest BCUT2D eigenvalue weighted by atomic mass is 32.1. The van der Waals surface area contributed by atoms with Crippen LogP contribution in [0, 0.1) is 13.8 Å². The van der Waals surface area contributed by atoms with E-state index in [0.29, 0.717) is 6.54 Å². The molecule has 1 amide bonds. The van der Waals surface area contributed by atoms with E-state index in [1.807, 2.05) is 11.4 Å².